The van der Waals surface area contributed by atoms with E-state index >= 15 is 0 Å². The number of aromatic amines is 1. The lowest BCUT2D eigenvalue weighted by Gasteiger charge is -2.27. The summed E-state index contributed by atoms with van der Waals surface area (Å²) >= 11 is 5.51. The van der Waals surface area contributed by atoms with E-state index in [-0.39, 0.29) is 17.4 Å². The highest BCUT2D eigenvalue weighted by Gasteiger charge is 2.22. The molecular formula is C17H32N6O2S. The molecular weight excluding hydrogens is 352 g/mol. The summed E-state index contributed by atoms with van der Waals surface area (Å²) < 4.78 is 1.41. The van der Waals surface area contributed by atoms with E-state index in [1.165, 1.54) is 4.57 Å². The van der Waals surface area contributed by atoms with Crippen LogP contribution in [0, 0.1) is 5.92 Å². The highest BCUT2D eigenvalue weighted by molar-refractivity contribution is 7.80. The van der Waals surface area contributed by atoms with E-state index in [1.807, 2.05) is 32.8 Å². The fourth-order valence-corrected chi connectivity index (χ4v) is 2.78. The number of aromatic nitrogens is 2. The molecule has 0 unspecified atom stereocenters. The molecule has 0 aliphatic rings. The summed E-state index contributed by atoms with van der Waals surface area (Å²) in [5.74, 6) is 0.364. The Bertz CT molecular complexity index is 710. The van der Waals surface area contributed by atoms with Gasteiger partial charge in [0, 0.05) is 26.2 Å². The zero-order chi connectivity index (χ0) is 19.9. The summed E-state index contributed by atoms with van der Waals surface area (Å²) in [6, 6.07) is 0. The Balaban J connectivity index is 3.26. The first-order valence-electron chi connectivity index (χ1n) is 9.01. The molecule has 0 aliphatic carbocycles. The van der Waals surface area contributed by atoms with Crippen molar-refractivity contribution in [1.82, 2.24) is 19.8 Å². The minimum atomic E-state index is -0.514. The van der Waals surface area contributed by atoms with Crippen LogP contribution in [0.5, 0.6) is 0 Å². The van der Waals surface area contributed by atoms with Crippen LogP contribution in [-0.4, -0.2) is 53.3 Å². The number of nitrogens with one attached hydrogen (secondary N) is 2. The fourth-order valence-electron chi connectivity index (χ4n) is 2.50. The van der Waals surface area contributed by atoms with Crippen molar-refractivity contribution in [2.24, 2.45) is 5.92 Å². The molecule has 0 amide bonds. The van der Waals surface area contributed by atoms with Gasteiger partial charge in [-0.25, -0.2) is 4.79 Å². The van der Waals surface area contributed by atoms with Gasteiger partial charge in [-0.3, -0.25) is 14.3 Å². The van der Waals surface area contributed by atoms with Gasteiger partial charge in [-0.2, -0.15) is 0 Å². The van der Waals surface area contributed by atoms with Crippen molar-refractivity contribution in [3.05, 3.63) is 20.8 Å². The maximum Gasteiger partial charge on any atom is 0.330 e. The minimum absolute atomic E-state index is 0.153. The predicted octanol–water partition coefficient (Wildman–Crippen LogP) is 0.817. The van der Waals surface area contributed by atoms with Crippen LogP contribution >= 0.6 is 12.2 Å². The van der Waals surface area contributed by atoms with E-state index in [1.54, 1.807) is 4.90 Å². The highest BCUT2D eigenvalue weighted by atomic mass is 32.1. The second kappa shape index (κ2) is 10.3. The van der Waals surface area contributed by atoms with Gasteiger partial charge in [0.1, 0.15) is 5.82 Å². The molecule has 0 aliphatic heterocycles. The number of H-pyrrole nitrogens is 1. The number of thiocarbonyl (C=S) groups is 1. The molecule has 1 heterocycles. The number of unbranched alkanes of at least 4 members (excludes halogenated alkanes) is 1. The Morgan fingerprint density at radius 2 is 1.96 bits per heavy atom. The second-order valence-electron chi connectivity index (χ2n) is 7.04. The molecule has 1 aromatic rings. The van der Waals surface area contributed by atoms with E-state index in [9.17, 15) is 9.59 Å². The number of hydrogen-bond donors (Lipinski definition) is 3. The van der Waals surface area contributed by atoms with E-state index in [2.05, 4.69) is 17.2 Å². The van der Waals surface area contributed by atoms with Crippen molar-refractivity contribution in [2.75, 3.05) is 44.4 Å². The first-order valence-corrected chi connectivity index (χ1v) is 9.42. The first-order chi connectivity index (χ1) is 12.2. The van der Waals surface area contributed by atoms with Gasteiger partial charge in [0.25, 0.3) is 5.56 Å². The van der Waals surface area contributed by atoms with Gasteiger partial charge >= 0.3 is 5.69 Å². The molecule has 0 saturated carbocycles. The molecule has 1 rings (SSSR count). The van der Waals surface area contributed by atoms with Crippen molar-refractivity contribution in [1.29, 1.82) is 0 Å². The van der Waals surface area contributed by atoms with Crippen LogP contribution in [0.15, 0.2) is 9.59 Å². The molecule has 0 spiro atoms. The number of anilines is 2. The Morgan fingerprint density at radius 1 is 1.31 bits per heavy atom. The topological polar surface area (TPSA) is 99.4 Å². The predicted molar refractivity (Wildman–Crippen MR) is 112 cm³/mol. The summed E-state index contributed by atoms with van der Waals surface area (Å²) in [4.78, 5) is 30.8. The average Bonchev–Trinajstić information content (AvgIpc) is 2.53. The van der Waals surface area contributed by atoms with Crippen molar-refractivity contribution in [2.45, 2.75) is 40.2 Å². The van der Waals surface area contributed by atoms with E-state index < -0.39 is 11.2 Å². The smallest absolute Gasteiger partial charge is 0.330 e. The maximum atomic E-state index is 12.5. The Kier molecular flexibility index (Phi) is 8.80. The molecule has 8 nitrogen and oxygen atoms in total. The fraction of sp³-hybridized carbons (Fsp3) is 0.706. The molecule has 4 N–H and O–H groups in total. The molecule has 0 saturated heterocycles. The van der Waals surface area contributed by atoms with E-state index in [0.29, 0.717) is 24.7 Å². The van der Waals surface area contributed by atoms with Crippen LogP contribution in [0.4, 0.5) is 11.5 Å². The van der Waals surface area contributed by atoms with Gasteiger partial charge in [0.05, 0.1) is 0 Å². The van der Waals surface area contributed by atoms with Gasteiger partial charge in [0.15, 0.2) is 10.8 Å². The van der Waals surface area contributed by atoms with Crippen molar-refractivity contribution >= 4 is 28.8 Å². The normalized spacial score (nSPS) is 11.2. The molecule has 0 radical (unpaired) electrons. The number of hydrogen-bond acceptors (Lipinski definition) is 5. The summed E-state index contributed by atoms with van der Waals surface area (Å²) in [6.45, 7) is 8.47. The lowest BCUT2D eigenvalue weighted by atomic mass is 10.2. The summed E-state index contributed by atoms with van der Waals surface area (Å²) in [7, 11) is 3.95. The third-order valence-electron chi connectivity index (χ3n) is 3.85. The summed E-state index contributed by atoms with van der Waals surface area (Å²) in [6.07, 6.45) is 1.79. The quantitative estimate of drug-likeness (QED) is 0.542. The van der Waals surface area contributed by atoms with Crippen LogP contribution in [0.25, 0.3) is 0 Å². The number of likely N-dealkylation sites (N-methyl/N-ethyl adjacent to an activating group) is 1. The monoisotopic (exact) mass is 384 g/mol. The third-order valence-corrected chi connectivity index (χ3v) is 4.21. The average molecular weight is 385 g/mol. The lowest BCUT2D eigenvalue weighted by molar-refractivity contribution is 0.412. The van der Waals surface area contributed by atoms with Crippen LogP contribution in [0.2, 0.25) is 0 Å². The molecule has 1 aromatic heterocycles. The van der Waals surface area contributed by atoms with Gasteiger partial charge in [-0.15, -0.1) is 0 Å². The molecule has 9 heteroatoms. The second-order valence-corrected chi connectivity index (χ2v) is 7.42. The highest BCUT2D eigenvalue weighted by Crippen LogP contribution is 2.18. The SMILES string of the molecule is CCCCN(C(=S)NCCN(C)C)c1c(N)n(CC(C)C)c(=O)[nH]c1=O. The zero-order valence-electron chi connectivity index (χ0n) is 16.5. The summed E-state index contributed by atoms with van der Waals surface area (Å²) in [5.41, 5.74) is 5.46. The standard InChI is InChI=1S/C17H32N6O2S/c1-6-7-9-22(17(26)19-8-10-21(4)5)13-14(18)23(11-12(2)3)16(25)20-15(13)24/h12H,6-11,18H2,1-5H3,(H,19,26)(H,20,24,25). The molecule has 26 heavy (non-hydrogen) atoms. The summed E-state index contributed by atoms with van der Waals surface area (Å²) in [5, 5.41) is 3.61. The van der Waals surface area contributed by atoms with Crippen LogP contribution in [0.1, 0.15) is 33.6 Å². The largest absolute Gasteiger partial charge is 0.383 e. The zero-order valence-corrected chi connectivity index (χ0v) is 17.3. The number of nitrogens with two attached hydrogens (primary N) is 1. The third kappa shape index (κ3) is 6.14. The molecule has 0 bridgehead atoms. The van der Waals surface area contributed by atoms with E-state index in [0.717, 1.165) is 19.4 Å². The molecule has 0 aromatic carbocycles. The molecule has 0 atom stereocenters. The maximum absolute atomic E-state index is 12.5. The van der Waals surface area contributed by atoms with Crippen molar-refractivity contribution in [3.8, 4) is 0 Å². The lowest BCUT2D eigenvalue weighted by Crippen LogP contribution is -2.47. The van der Waals surface area contributed by atoms with Crippen LogP contribution in [0.3, 0.4) is 0 Å². The van der Waals surface area contributed by atoms with E-state index in [4.69, 9.17) is 18.0 Å². The minimum Gasteiger partial charge on any atom is -0.383 e. The van der Waals surface area contributed by atoms with Crippen molar-refractivity contribution < 1.29 is 0 Å². The van der Waals surface area contributed by atoms with Gasteiger partial charge in [-0.1, -0.05) is 27.2 Å². The van der Waals surface area contributed by atoms with Gasteiger partial charge in [-0.05, 0) is 38.7 Å². The van der Waals surface area contributed by atoms with Crippen LogP contribution in [-0.2, 0) is 6.54 Å². The Labute approximate surface area is 160 Å². The number of nitrogens with zero attached hydrogens (tertiary/aromatic N) is 3. The van der Waals surface area contributed by atoms with Gasteiger partial charge < -0.3 is 20.9 Å². The Hall–Kier alpha value is -1.87. The van der Waals surface area contributed by atoms with Gasteiger partial charge in [0.2, 0.25) is 0 Å². The molecule has 0 fully saturated rings. The number of rotatable bonds is 9. The molecule has 148 valence electrons. The van der Waals surface area contributed by atoms with Crippen LogP contribution < -0.4 is 27.2 Å². The van der Waals surface area contributed by atoms with Crippen molar-refractivity contribution in [3.63, 3.8) is 0 Å². The number of nitrogen functional groups attached to an aromatic ring is 1. The Morgan fingerprint density at radius 3 is 2.50 bits per heavy atom. The first kappa shape index (κ1) is 22.2.